The van der Waals surface area contributed by atoms with Crippen LogP contribution in [0.2, 0.25) is 0 Å². The van der Waals surface area contributed by atoms with E-state index in [1.165, 1.54) is 10.8 Å². The SMILES string of the molecule is c1ccc(C(c2ccccc2)(c2ccccc2)c2cccc(-c3nc(-c4cccc(C(c5ccccc5)(c5ccccc5)c5ccccc5)c4)nc(-n4c5ccccc5c5cc(-n6c7ccccc7c7ccccc76)ccc54)n3)c2)cc1. The Morgan fingerprint density at radius 1 is 0.220 bits per heavy atom. The van der Waals surface area contributed by atoms with E-state index < -0.39 is 10.8 Å². The van der Waals surface area contributed by atoms with Gasteiger partial charge in [0.1, 0.15) is 0 Å². The van der Waals surface area contributed by atoms with Gasteiger partial charge in [-0.1, -0.05) is 273 Å². The number of aromatic nitrogens is 5. The summed E-state index contributed by atoms with van der Waals surface area (Å²) in [5.41, 5.74) is 14.9. The van der Waals surface area contributed by atoms with E-state index in [9.17, 15) is 0 Å². The second-order valence-corrected chi connectivity index (χ2v) is 21.1. The molecule has 0 saturated heterocycles. The van der Waals surface area contributed by atoms with Crippen molar-refractivity contribution in [3.8, 4) is 34.4 Å². The van der Waals surface area contributed by atoms with E-state index in [0.717, 1.165) is 94.2 Å². The molecule has 12 aromatic carbocycles. The van der Waals surface area contributed by atoms with Crippen molar-refractivity contribution in [1.82, 2.24) is 24.1 Å². The molecule has 0 radical (unpaired) electrons. The first kappa shape index (κ1) is 48.4. The van der Waals surface area contributed by atoms with Crippen molar-refractivity contribution in [1.29, 1.82) is 0 Å². The Kier molecular flexibility index (Phi) is 11.9. The monoisotopic (exact) mass is 1050 g/mol. The highest BCUT2D eigenvalue weighted by Gasteiger charge is 2.40. The van der Waals surface area contributed by atoms with E-state index >= 15 is 0 Å². The van der Waals surface area contributed by atoms with Gasteiger partial charge in [-0.25, -0.2) is 4.98 Å². The summed E-state index contributed by atoms with van der Waals surface area (Å²) in [4.78, 5) is 16.8. The molecule has 0 amide bonds. The molecule has 0 bridgehead atoms. The fourth-order valence-electron chi connectivity index (χ4n) is 13.2. The fraction of sp³-hybridized carbons (Fsp3) is 0.0260. The molecule has 0 saturated carbocycles. The molecular formula is C77H53N5. The predicted octanol–water partition coefficient (Wildman–Crippen LogP) is 18.2. The Hall–Kier alpha value is -10.8. The number of nitrogens with zero attached hydrogens (tertiary/aromatic N) is 5. The first-order chi connectivity index (χ1) is 40.7. The predicted molar refractivity (Wildman–Crippen MR) is 336 cm³/mol. The van der Waals surface area contributed by atoms with Gasteiger partial charge >= 0.3 is 0 Å². The lowest BCUT2D eigenvalue weighted by Gasteiger charge is -2.37. The molecule has 15 rings (SSSR count). The average molecular weight is 1050 g/mol. The van der Waals surface area contributed by atoms with Crippen molar-refractivity contribution in [2.24, 2.45) is 0 Å². The largest absolute Gasteiger partial charge is 0.309 e. The molecule has 386 valence electrons. The molecule has 0 aliphatic rings. The van der Waals surface area contributed by atoms with Crippen LogP contribution in [0.5, 0.6) is 0 Å². The number of para-hydroxylation sites is 3. The van der Waals surface area contributed by atoms with Crippen molar-refractivity contribution in [3.05, 3.63) is 366 Å². The summed E-state index contributed by atoms with van der Waals surface area (Å²) in [5, 5.41) is 4.64. The van der Waals surface area contributed by atoms with Gasteiger partial charge in [-0.15, -0.1) is 0 Å². The molecule has 0 spiro atoms. The van der Waals surface area contributed by atoms with Crippen LogP contribution >= 0.6 is 0 Å². The molecule has 0 fully saturated rings. The lowest BCUT2D eigenvalue weighted by Crippen LogP contribution is -2.31. The molecule has 15 aromatic rings. The highest BCUT2D eigenvalue weighted by atomic mass is 15.2. The topological polar surface area (TPSA) is 48.5 Å². The van der Waals surface area contributed by atoms with Crippen LogP contribution in [-0.4, -0.2) is 24.1 Å². The number of fused-ring (bicyclic) bond motifs is 6. The van der Waals surface area contributed by atoms with Crippen LogP contribution in [0.3, 0.4) is 0 Å². The Labute approximate surface area is 476 Å². The van der Waals surface area contributed by atoms with Gasteiger partial charge in [0.05, 0.1) is 32.9 Å². The van der Waals surface area contributed by atoms with E-state index in [2.05, 4.69) is 331 Å². The smallest absolute Gasteiger partial charge is 0.238 e. The highest BCUT2D eigenvalue weighted by Crippen LogP contribution is 2.48. The van der Waals surface area contributed by atoms with Crippen LogP contribution in [0.1, 0.15) is 44.5 Å². The molecule has 5 heteroatoms. The van der Waals surface area contributed by atoms with Gasteiger partial charge in [-0.05, 0) is 93.0 Å². The Balaban J connectivity index is 0.991. The number of benzene rings is 12. The molecule has 3 aromatic heterocycles. The van der Waals surface area contributed by atoms with Crippen LogP contribution in [0.4, 0.5) is 0 Å². The molecule has 0 aliphatic heterocycles. The van der Waals surface area contributed by atoms with Gasteiger partial charge in [-0.2, -0.15) is 9.97 Å². The second kappa shape index (κ2) is 20.2. The van der Waals surface area contributed by atoms with Crippen molar-refractivity contribution < 1.29 is 0 Å². The Morgan fingerprint density at radius 2 is 0.524 bits per heavy atom. The second-order valence-electron chi connectivity index (χ2n) is 21.1. The normalized spacial score (nSPS) is 11.9. The summed E-state index contributed by atoms with van der Waals surface area (Å²) in [6.45, 7) is 0. The maximum atomic E-state index is 5.62. The minimum Gasteiger partial charge on any atom is -0.309 e. The summed E-state index contributed by atoms with van der Waals surface area (Å²) < 4.78 is 4.61. The third kappa shape index (κ3) is 7.81. The number of hydrogen-bond acceptors (Lipinski definition) is 3. The average Bonchev–Trinajstić information content (AvgIpc) is 3.36. The third-order valence-corrected chi connectivity index (χ3v) is 16.7. The Bertz CT molecular complexity index is 4350. The quantitative estimate of drug-likeness (QED) is 0.115. The molecular weight excluding hydrogens is 995 g/mol. The molecule has 0 atom stereocenters. The van der Waals surface area contributed by atoms with E-state index in [4.69, 9.17) is 15.0 Å². The molecule has 5 nitrogen and oxygen atoms in total. The van der Waals surface area contributed by atoms with Crippen molar-refractivity contribution in [2.45, 2.75) is 10.8 Å². The van der Waals surface area contributed by atoms with Crippen LogP contribution in [0, 0.1) is 0 Å². The van der Waals surface area contributed by atoms with E-state index in [-0.39, 0.29) is 0 Å². The van der Waals surface area contributed by atoms with E-state index in [1.807, 2.05) is 0 Å². The summed E-state index contributed by atoms with van der Waals surface area (Å²) in [6.07, 6.45) is 0. The minimum atomic E-state index is -0.691. The van der Waals surface area contributed by atoms with Crippen LogP contribution in [0.25, 0.3) is 78.0 Å². The first-order valence-corrected chi connectivity index (χ1v) is 28.0. The highest BCUT2D eigenvalue weighted by molar-refractivity contribution is 6.12. The van der Waals surface area contributed by atoms with Crippen LogP contribution in [-0.2, 0) is 10.8 Å². The van der Waals surface area contributed by atoms with Gasteiger partial charge < -0.3 is 4.57 Å². The van der Waals surface area contributed by atoms with Crippen molar-refractivity contribution in [2.75, 3.05) is 0 Å². The summed E-state index contributed by atoms with van der Waals surface area (Å²) in [5.74, 6) is 1.64. The van der Waals surface area contributed by atoms with Gasteiger partial charge in [0.25, 0.3) is 0 Å². The van der Waals surface area contributed by atoms with E-state index in [0.29, 0.717) is 17.6 Å². The van der Waals surface area contributed by atoms with Gasteiger partial charge in [0.2, 0.25) is 5.95 Å². The summed E-state index contributed by atoms with van der Waals surface area (Å²) in [7, 11) is 0. The summed E-state index contributed by atoms with van der Waals surface area (Å²) in [6, 6.07) is 116. The zero-order valence-corrected chi connectivity index (χ0v) is 44.8. The Morgan fingerprint density at radius 3 is 0.902 bits per heavy atom. The zero-order chi connectivity index (χ0) is 54.5. The molecule has 0 unspecified atom stereocenters. The van der Waals surface area contributed by atoms with Crippen molar-refractivity contribution in [3.63, 3.8) is 0 Å². The molecule has 3 heterocycles. The van der Waals surface area contributed by atoms with E-state index in [1.54, 1.807) is 0 Å². The first-order valence-electron chi connectivity index (χ1n) is 28.0. The molecule has 82 heavy (non-hydrogen) atoms. The standard InChI is InChI=1S/C77H53N5/c1-7-29-56(30-8-1)76(57-31-9-2-10-32-57,58-33-11-3-12-34-58)62-41-25-27-54(51-62)73-78-74(55-28-26-42-63(52-55)77(59-35-13-4-14-36-59,60-37-15-5-16-38-60)61-39-17-6-18-40-61)80-75(79-73)82-71-48-24-21-45-67(71)68-53-64(49-50-72(68)82)81-69-46-22-19-43-65(69)66-44-20-23-47-70(66)81/h1-53H. The lowest BCUT2D eigenvalue weighted by molar-refractivity contribution is 0.745. The van der Waals surface area contributed by atoms with Gasteiger partial charge in [0.15, 0.2) is 11.6 Å². The van der Waals surface area contributed by atoms with Gasteiger partial charge in [-0.3, -0.25) is 4.57 Å². The van der Waals surface area contributed by atoms with Gasteiger partial charge in [0, 0.05) is 38.4 Å². The van der Waals surface area contributed by atoms with Crippen molar-refractivity contribution >= 4 is 43.6 Å². The van der Waals surface area contributed by atoms with Crippen LogP contribution in [0.15, 0.2) is 322 Å². The third-order valence-electron chi connectivity index (χ3n) is 16.7. The summed E-state index contributed by atoms with van der Waals surface area (Å²) >= 11 is 0. The molecule has 0 N–H and O–H groups in total. The zero-order valence-electron chi connectivity index (χ0n) is 44.8. The minimum absolute atomic E-state index is 0.521. The number of hydrogen-bond donors (Lipinski definition) is 0. The van der Waals surface area contributed by atoms with Crippen LogP contribution < -0.4 is 0 Å². The maximum Gasteiger partial charge on any atom is 0.238 e. The molecule has 0 aliphatic carbocycles. The fourth-order valence-corrected chi connectivity index (χ4v) is 13.2. The maximum absolute atomic E-state index is 5.62. The number of rotatable bonds is 12. The lowest BCUT2D eigenvalue weighted by atomic mass is 9.65.